The van der Waals surface area contributed by atoms with Crippen molar-refractivity contribution in [2.24, 2.45) is 5.92 Å². The van der Waals surface area contributed by atoms with Crippen molar-refractivity contribution >= 4 is 0 Å². The van der Waals surface area contributed by atoms with Crippen LogP contribution in [0.5, 0.6) is 0 Å². The predicted octanol–water partition coefficient (Wildman–Crippen LogP) is 2.76. The Hall–Kier alpha value is -0.120. The van der Waals surface area contributed by atoms with Gasteiger partial charge < -0.3 is 10.2 Å². The lowest BCUT2D eigenvalue weighted by Crippen LogP contribution is -2.30. The molecule has 0 spiro atoms. The average Bonchev–Trinajstić information content (AvgIpc) is 2.30. The van der Waals surface area contributed by atoms with Crippen LogP contribution in [0.1, 0.15) is 54.4 Å². The van der Waals surface area contributed by atoms with Gasteiger partial charge >= 0.3 is 0 Å². The first-order valence-corrected chi connectivity index (χ1v) is 6.60. The maximum absolute atomic E-state index is 8.57. The zero-order chi connectivity index (χ0) is 12.8. The Bertz CT molecular complexity index is 103. The van der Waals surface area contributed by atoms with Crippen molar-refractivity contribution < 1.29 is 10.2 Å². The number of hydrogen-bond acceptors (Lipinski definition) is 3. The van der Waals surface area contributed by atoms with Crippen LogP contribution >= 0.6 is 0 Å². The first-order valence-electron chi connectivity index (χ1n) is 6.60. The second-order valence-corrected chi connectivity index (χ2v) is 4.21. The second-order valence-electron chi connectivity index (χ2n) is 4.21. The van der Waals surface area contributed by atoms with Crippen LogP contribution in [0.4, 0.5) is 0 Å². The second kappa shape index (κ2) is 18.3. The highest BCUT2D eigenvalue weighted by Gasteiger charge is 1.99. The fourth-order valence-electron chi connectivity index (χ4n) is 1.22. The maximum Gasteiger partial charge on any atom is 0.0558 e. The van der Waals surface area contributed by atoms with Gasteiger partial charge in [-0.25, -0.2) is 0 Å². The Morgan fingerprint density at radius 2 is 1.29 bits per heavy atom. The summed E-state index contributed by atoms with van der Waals surface area (Å²) in [5.41, 5.74) is 0. The molecule has 0 radical (unpaired) electrons. The van der Waals surface area contributed by atoms with Gasteiger partial charge in [-0.15, -0.1) is 0 Å². The summed E-state index contributed by atoms with van der Waals surface area (Å²) in [5, 5.41) is 17.1. The Morgan fingerprint density at radius 1 is 0.882 bits per heavy atom. The minimum Gasteiger partial charge on any atom is -0.395 e. The lowest BCUT2D eigenvalue weighted by molar-refractivity contribution is 0.161. The lowest BCUT2D eigenvalue weighted by Gasteiger charge is -2.18. The van der Waals surface area contributed by atoms with E-state index in [0.717, 1.165) is 18.9 Å². The van der Waals surface area contributed by atoms with E-state index in [-0.39, 0.29) is 20.6 Å². The topological polar surface area (TPSA) is 43.7 Å². The van der Waals surface area contributed by atoms with E-state index in [0.29, 0.717) is 13.1 Å². The monoisotopic (exact) mass is 249 g/mol. The standard InChI is InChI=1S/C7H17NO2.C6H14.CH4/c1-2-3-8(4-6-9)5-7-10;1-4-6(3)5-2;/h9-10H,2-7H2,1H3;6H,4-5H2,1-3H3;1H4. The van der Waals surface area contributed by atoms with E-state index >= 15 is 0 Å². The summed E-state index contributed by atoms with van der Waals surface area (Å²) < 4.78 is 0. The Labute approximate surface area is 109 Å². The van der Waals surface area contributed by atoms with E-state index in [9.17, 15) is 0 Å². The molecule has 0 aromatic heterocycles. The van der Waals surface area contributed by atoms with Crippen molar-refractivity contribution in [3.05, 3.63) is 0 Å². The molecule has 0 amide bonds. The van der Waals surface area contributed by atoms with Gasteiger partial charge in [0.25, 0.3) is 0 Å². The summed E-state index contributed by atoms with van der Waals surface area (Å²) in [5.74, 6) is 0.935. The van der Waals surface area contributed by atoms with E-state index in [1.807, 2.05) is 4.90 Å². The highest BCUT2D eigenvalue weighted by Crippen LogP contribution is 2.02. The smallest absolute Gasteiger partial charge is 0.0558 e. The highest BCUT2D eigenvalue weighted by molar-refractivity contribution is 4.53. The molecule has 0 aromatic rings. The van der Waals surface area contributed by atoms with Gasteiger partial charge in [0.2, 0.25) is 0 Å². The summed E-state index contributed by atoms with van der Waals surface area (Å²) in [6.45, 7) is 11.5. The van der Waals surface area contributed by atoms with Gasteiger partial charge in [0, 0.05) is 13.1 Å². The molecule has 0 fully saturated rings. The zero-order valence-electron chi connectivity index (χ0n) is 11.6. The third-order valence-electron chi connectivity index (χ3n) is 2.77. The molecule has 0 atom stereocenters. The fourth-order valence-corrected chi connectivity index (χ4v) is 1.22. The quantitative estimate of drug-likeness (QED) is 0.695. The minimum absolute atomic E-state index is 0. The number of aliphatic hydroxyl groups is 2. The van der Waals surface area contributed by atoms with Crippen LogP contribution in [0.2, 0.25) is 0 Å². The molecule has 3 heteroatoms. The van der Waals surface area contributed by atoms with E-state index in [4.69, 9.17) is 10.2 Å². The molecule has 0 aliphatic heterocycles. The highest BCUT2D eigenvalue weighted by atomic mass is 16.3. The number of rotatable bonds is 8. The van der Waals surface area contributed by atoms with Crippen molar-refractivity contribution in [1.82, 2.24) is 4.90 Å². The molecule has 0 heterocycles. The van der Waals surface area contributed by atoms with Gasteiger partial charge in [0.15, 0.2) is 0 Å². The van der Waals surface area contributed by atoms with E-state index < -0.39 is 0 Å². The van der Waals surface area contributed by atoms with Crippen LogP contribution in [0.3, 0.4) is 0 Å². The zero-order valence-corrected chi connectivity index (χ0v) is 11.6. The molecule has 0 unspecified atom stereocenters. The molecule has 0 bridgehead atoms. The number of aliphatic hydroxyl groups excluding tert-OH is 2. The molecule has 0 saturated carbocycles. The summed E-state index contributed by atoms with van der Waals surface area (Å²) in [7, 11) is 0. The van der Waals surface area contributed by atoms with E-state index in [1.54, 1.807) is 0 Å². The molecule has 0 aromatic carbocycles. The number of hydrogen-bond donors (Lipinski definition) is 2. The van der Waals surface area contributed by atoms with Gasteiger partial charge in [-0.1, -0.05) is 48.0 Å². The van der Waals surface area contributed by atoms with Gasteiger partial charge in [-0.05, 0) is 18.9 Å². The van der Waals surface area contributed by atoms with Gasteiger partial charge in [-0.3, -0.25) is 4.90 Å². The summed E-state index contributed by atoms with van der Waals surface area (Å²) in [6, 6.07) is 0. The molecule has 0 rings (SSSR count). The normalized spacial score (nSPS) is 9.88. The molecule has 0 saturated heterocycles. The first-order chi connectivity index (χ1) is 7.65. The van der Waals surface area contributed by atoms with Crippen LogP contribution in [-0.4, -0.2) is 48.0 Å². The van der Waals surface area contributed by atoms with Gasteiger partial charge in [0.1, 0.15) is 0 Å². The van der Waals surface area contributed by atoms with Crippen molar-refractivity contribution in [2.45, 2.75) is 54.4 Å². The van der Waals surface area contributed by atoms with Crippen LogP contribution in [0.25, 0.3) is 0 Å². The molecule has 2 N–H and O–H groups in total. The van der Waals surface area contributed by atoms with Crippen LogP contribution in [0.15, 0.2) is 0 Å². The van der Waals surface area contributed by atoms with Crippen LogP contribution < -0.4 is 0 Å². The van der Waals surface area contributed by atoms with Crippen molar-refractivity contribution in [3.63, 3.8) is 0 Å². The van der Waals surface area contributed by atoms with Crippen molar-refractivity contribution in [2.75, 3.05) is 32.8 Å². The summed E-state index contributed by atoms with van der Waals surface area (Å²) in [6.07, 6.45) is 3.73. The minimum atomic E-state index is 0. The van der Waals surface area contributed by atoms with Gasteiger partial charge in [0.05, 0.1) is 13.2 Å². The largest absolute Gasteiger partial charge is 0.395 e. The fraction of sp³-hybridized carbons (Fsp3) is 1.00. The predicted molar refractivity (Wildman–Crippen MR) is 77.4 cm³/mol. The lowest BCUT2D eigenvalue weighted by atomic mass is 10.1. The number of nitrogens with zero attached hydrogens (tertiary/aromatic N) is 1. The van der Waals surface area contributed by atoms with Crippen LogP contribution in [-0.2, 0) is 0 Å². The average molecular weight is 249 g/mol. The molecular formula is C14H35NO2. The summed E-state index contributed by atoms with van der Waals surface area (Å²) in [4.78, 5) is 2.04. The molecule has 3 nitrogen and oxygen atoms in total. The first kappa shape index (κ1) is 22.1. The van der Waals surface area contributed by atoms with Crippen molar-refractivity contribution in [1.29, 1.82) is 0 Å². The molecule has 17 heavy (non-hydrogen) atoms. The summed E-state index contributed by atoms with van der Waals surface area (Å²) >= 11 is 0. The molecule has 0 aliphatic rings. The Kier molecular flexibility index (Phi) is 23.7. The third kappa shape index (κ3) is 18.4. The van der Waals surface area contributed by atoms with Crippen molar-refractivity contribution in [3.8, 4) is 0 Å². The Balaban J connectivity index is -0.000000244. The molecular weight excluding hydrogens is 214 g/mol. The third-order valence-corrected chi connectivity index (χ3v) is 2.77. The van der Waals surface area contributed by atoms with E-state index in [1.165, 1.54) is 12.8 Å². The molecule has 108 valence electrons. The van der Waals surface area contributed by atoms with E-state index in [2.05, 4.69) is 27.7 Å². The SMILES string of the molecule is C.CCC(C)CC.CCCN(CCO)CCO. The Morgan fingerprint density at radius 3 is 1.47 bits per heavy atom. The maximum atomic E-state index is 8.57. The van der Waals surface area contributed by atoms with Crippen LogP contribution in [0, 0.1) is 5.92 Å². The molecule has 0 aliphatic carbocycles. The van der Waals surface area contributed by atoms with Gasteiger partial charge in [-0.2, -0.15) is 0 Å².